The minimum atomic E-state index is -0.249. The van der Waals surface area contributed by atoms with Crippen LogP contribution in [-0.2, 0) is 4.79 Å². The molecule has 23 heavy (non-hydrogen) atoms. The summed E-state index contributed by atoms with van der Waals surface area (Å²) in [6.07, 6.45) is 0. The van der Waals surface area contributed by atoms with Crippen molar-refractivity contribution in [2.24, 2.45) is 0 Å². The van der Waals surface area contributed by atoms with Crippen LogP contribution in [0.25, 0.3) is 0 Å². The Labute approximate surface area is 143 Å². The molecule has 0 aromatic heterocycles. The molecule has 0 aliphatic carbocycles. The van der Waals surface area contributed by atoms with Crippen LogP contribution in [0.5, 0.6) is 0 Å². The lowest BCUT2D eigenvalue weighted by atomic mass is 10.1. The van der Waals surface area contributed by atoms with Crippen LogP contribution in [0, 0.1) is 11.3 Å². The van der Waals surface area contributed by atoms with Gasteiger partial charge in [-0.15, -0.1) is 11.8 Å². The number of para-hydroxylation sites is 1. The fraction of sp³-hybridized carbons (Fsp3) is 0.118. The van der Waals surface area contributed by atoms with Gasteiger partial charge in [-0.05, 0) is 36.4 Å². The van der Waals surface area contributed by atoms with Crippen molar-refractivity contribution in [2.45, 2.75) is 0 Å². The van der Waals surface area contributed by atoms with Crippen LogP contribution in [0.3, 0.4) is 0 Å². The number of ketones is 1. The van der Waals surface area contributed by atoms with E-state index in [1.54, 1.807) is 48.5 Å². The van der Waals surface area contributed by atoms with Gasteiger partial charge in [0.15, 0.2) is 5.78 Å². The first-order chi connectivity index (χ1) is 11.1. The number of anilines is 1. The van der Waals surface area contributed by atoms with Gasteiger partial charge in [-0.2, -0.15) is 5.26 Å². The summed E-state index contributed by atoms with van der Waals surface area (Å²) in [7, 11) is 0. The Morgan fingerprint density at radius 1 is 1.09 bits per heavy atom. The molecule has 0 unspecified atom stereocenters. The number of hydrogen-bond donors (Lipinski definition) is 1. The Hall–Kier alpha value is -2.29. The van der Waals surface area contributed by atoms with E-state index in [1.165, 1.54) is 11.8 Å². The van der Waals surface area contributed by atoms with E-state index in [4.69, 9.17) is 16.9 Å². The molecule has 0 aliphatic rings. The standard InChI is InChI=1S/C17H13ClN2O2S/c18-14-7-5-12(6-8-14)16(21)10-23-11-17(22)20-15-4-2-1-3-13(15)9-19/h1-8H,10-11H2,(H,20,22). The van der Waals surface area contributed by atoms with Crippen molar-refractivity contribution < 1.29 is 9.59 Å². The fourth-order valence-electron chi connectivity index (χ4n) is 1.83. The predicted octanol–water partition coefficient (Wildman–Crippen LogP) is 3.77. The predicted molar refractivity (Wildman–Crippen MR) is 92.9 cm³/mol. The minimum absolute atomic E-state index is 0.0584. The Kier molecular flexibility index (Phi) is 6.21. The highest BCUT2D eigenvalue weighted by Crippen LogP contribution is 2.15. The van der Waals surface area contributed by atoms with Gasteiger partial charge in [-0.3, -0.25) is 9.59 Å². The van der Waals surface area contributed by atoms with Crippen LogP contribution < -0.4 is 5.32 Å². The molecule has 0 atom stereocenters. The lowest BCUT2D eigenvalue weighted by Crippen LogP contribution is -2.16. The smallest absolute Gasteiger partial charge is 0.234 e. The van der Waals surface area contributed by atoms with E-state index in [-0.39, 0.29) is 23.2 Å². The number of hydrogen-bond acceptors (Lipinski definition) is 4. The van der Waals surface area contributed by atoms with E-state index in [1.807, 2.05) is 6.07 Å². The highest BCUT2D eigenvalue weighted by atomic mass is 35.5. The van der Waals surface area contributed by atoms with Crippen LogP contribution in [-0.4, -0.2) is 23.2 Å². The summed E-state index contributed by atoms with van der Waals surface area (Å²) in [5.41, 5.74) is 1.45. The first-order valence-electron chi connectivity index (χ1n) is 6.75. The number of nitrogens with zero attached hydrogens (tertiary/aromatic N) is 1. The van der Waals surface area contributed by atoms with Gasteiger partial charge in [-0.25, -0.2) is 0 Å². The van der Waals surface area contributed by atoms with Gasteiger partial charge in [0.05, 0.1) is 22.8 Å². The maximum atomic E-state index is 12.0. The van der Waals surface area contributed by atoms with Crippen molar-refractivity contribution in [3.05, 3.63) is 64.7 Å². The molecule has 0 saturated carbocycles. The van der Waals surface area contributed by atoms with Crippen molar-refractivity contribution >= 4 is 40.7 Å². The van der Waals surface area contributed by atoms with Crippen molar-refractivity contribution in [3.8, 4) is 6.07 Å². The summed E-state index contributed by atoms with van der Waals surface area (Å²) >= 11 is 7.00. The van der Waals surface area contributed by atoms with Gasteiger partial charge < -0.3 is 5.32 Å². The van der Waals surface area contributed by atoms with Gasteiger partial charge in [0.25, 0.3) is 0 Å². The summed E-state index contributed by atoms with van der Waals surface area (Å²) in [6, 6.07) is 15.4. The fourth-order valence-corrected chi connectivity index (χ4v) is 2.67. The average molecular weight is 345 g/mol. The second kappa shape index (κ2) is 8.37. The van der Waals surface area contributed by atoms with E-state index < -0.39 is 0 Å². The number of benzene rings is 2. The van der Waals surface area contributed by atoms with Crippen LogP contribution in [0.15, 0.2) is 48.5 Å². The molecule has 2 aromatic carbocycles. The first-order valence-corrected chi connectivity index (χ1v) is 8.29. The first kappa shape index (κ1) is 17.1. The number of carbonyl (C=O) groups excluding carboxylic acids is 2. The zero-order chi connectivity index (χ0) is 16.7. The molecule has 1 N–H and O–H groups in total. The normalized spacial score (nSPS) is 9.91. The van der Waals surface area contributed by atoms with E-state index in [2.05, 4.69) is 5.32 Å². The Morgan fingerprint density at radius 3 is 2.48 bits per heavy atom. The molecule has 0 saturated heterocycles. The Morgan fingerprint density at radius 2 is 1.78 bits per heavy atom. The quantitative estimate of drug-likeness (QED) is 0.810. The highest BCUT2D eigenvalue weighted by molar-refractivity contribution is 8.00. The summed E-state index contributed by atoms with van der Waals surface area (Å²) in [6.45, 7) is 0. The maximum absolute atomic E-state index is 12.0. The number of nitriles is 1. The number of halogens is 1. The molecule has 0 aliphatic heterocycles. The molecule has 0 heterocycles. The molecule has 2 rings (SSSR count). The zero-order valence-electron chi connectivity index (χ0n) is 12.1. The van der Waals surface area contributed by atoms with Crippen LogP contribution in [0.2, 0.25) is 5.02 Å². The van der Waals surface area contributed by atoms with E-state index in [0.717, 1.165) is 0 Å². The molecule has 2 aromatic rings. The molecular weight excluding hydrogens is 332 g/mol. The third-order valence-corrected chi connectivity index (χ3v) is 4.14. The number of thioether (sulfide) groups is 1. The van der Waals surface area contributed by atoms with E-state index >= 15 is 0 Å². The van der Waals surface area contributed by atoms with Crippen molar-refractivity contribution in [3.63, 3.8) is 0 Å². The minimum Gasteiger partial charge on any atom is -0.324 e. The van der Waals surface area contributed by atoms with Crippen molar-refractivity contribution in [1.82, 2.24) is 0 Å². The zero-order valence-corrected chi connectivity index (χ0v) is 13.7. The second-order valence-electron chi connectivity index (χ2n) is 4.63. The molecule has 0 bridgehead atoms. The SMILES string of the molecule is N#Cc1ccccc1NC(=O)CSCC(=O)c1ccc(Cl)cc1. The largest absolute Gasteiger partial charge is 0.324 e. The third kappa shape index (κ3) is 5.13. The lowest BCUT2D eigenvalue weighted by Gasteiger charge is -2.06. The topological polar surface area (TPSA) is 70.0 Å². The Bertz CT molecular complexity index is 754. The molecule has 0 fully saturated rings. The number of nitrogens with one attached hydrogen (secondary N) is 1. The summed E-state index contributed by atoms with van der Waals surface area (Å²) < 4.78 is 0. The van der Waals surface area contributed by atoms with Gasteiger partial charge in [0.2, 0.25) is 5.91 Å². The molecule has 6 heteroatoms. The van der Waals surface area contributed by atoms with E-state index in [0.29, 0.717) is 21.8 Å². The second-order valence-corrected chi connectivity index (χ2v) is 6.05. The Balaban J connectivity index is 1.82. The van der Waals surface area contributed by atoms with Gasteiger partial charge in [-0.1, -0.05) is 23.7 Å². The molecular formula is C17H13ClN2O2S. The third-order valence-electron chi connectivity index (χ3n) is 2.95. The van der Waals surface area contributed by atoms with Gasteiger partial charge in [0, 0.05) is 10.6 Å². The molecule has 1 amide bonds. The monoisotopic (exact) mass is 344 g/mol. The number of rotatable bonds is 6. The summed E-state index contributed by atoms with van der Waals surface area (Å²) in [4.78, 5) is 23.8. The molecule has 4 nitrogen and oxygen atoms in total. The highest BCUT2D eigenvalue weighted by Gasteiger charge is 2.09. The van der Waals surface area contributed by atoms with Crippen LogP contribution in [0.1, 0.15) is 15.9 Å². The molecule has 0 radical (unpaired) electrons. The van der Waals surface area contributed by atoms with Crippen LogP contribution >= 0.6 is 23.4 Å². The van der Waals surface area contributed by atoms with Crippen molar-refractivity contribution in [2.75, 3.05) is 16.8 Å². The number of Topliss-reactive ketones (excluding diaryl/α,β-unsaturated/α-hetero) is 1. The average Bonchev–Trinajstić information content (AvgIpc) is 2.56. The lowest BCUT2D eigenvalue weighted by molar-refractivity contribution is -0.113. The van der Waals surface area contributed by atoms with Gasteiger partial charge in [0.1, 0.15) is 6.07 Å². The van der Waals surface area contributed by atoms with Gasteiger partial charge >= 0.3 is 0 Å². The maximum Gasteiger partial charge on any atom is 0.234 e. The van der Waals surface area contributed by atoms with Crippen molar-refractivity contribution in [1.29, 1.82) is 5.26 Å². The number of amides is 1. The van der Waals surface area contributed by atoms with Crippen LogP contribution in [0.4, 0.5) is 5.69 Å². The molecule has 0 spiro atoms. The summed E-state index contributed by atoms with van der Waals surface area (Å²) in [5, 5.41) is 12.2. The molecule has 116 valence electrons. The van der Waals surface area contributed by atoms with E-state index in [9.17, 15) is 9.59 Å². The number of carbonyl (C=O) groups is 2. The summed E-state index contributed by atoms with van der Waals surface area (Å²) in [5.74, 6) is 0.0344.